The number of esters is 3. The summed E-state index contributed by atoms with van der Waals surface area (Å²) >= 11 is 0. The molecule has 0 aromatic carbocycles. The van der Waals surface area contributed by atoms with Crippen LogP contribution in [0.15, 0.2) is 0 Å². The van der Waals surface area contributed by atoms with Crippen molar-refractivity contribution in [2.75, 3.05) is 33.9 Å². The first-order chi connectivity index (χ1) is 31.7. The van der Waals surface area contributed by atoms with Crippen LogP contribution in [0.3, 0.4) is 0 Å². The number of hydrogen-bond acceptors (Lipinski definition) is 7. The molecule has 0 aromatic heterocycles. The average molecular weight is 921 g/mol. The lowest BCUT2D eigenvalue weighted by molar-refractivity contribution is -0.150. The highest BCUT2D eigenvalue weighted by atomic mass is 16.5. The number of ether oxygens (including phenoxy) is 3. The molecule has 3 atom stereocenters. The van der Waals surface area contributed by atoms with Crippen LogP contribution in [0, 0.1) is 11.8 Å². The molecule has 386 valence electrons. The fourth-order valence-electron chi connectivity index (χ4n) is 9.22. The largest absolute Gasteiger partial charge is 0.465 e. The Labute approximate surface area is 405 Å². The zero-order valence-electron chi connectivity index (χ0n) is 44.7. The van der Waals surface area contributed by atoms with E-state index in [0.717, 1.165) is 103 Å². The van der Waals surface area contributed by atoms with Gasteiger partial charge in [-0.25, -0.2) is 0 Å². The van der Waals surface area contributed by atoms with Gasteiger partial charge in [0.2, 0.25) is 0 Å². The summed E-state index contributed by atoms with van der Waals surface area (Å²) in [6.07, 6.45) is 50.8. The number of hydrogen-bond donors (Lipinski definition) is 0. The normalized spacial score (nSPS) is 13.0. The third-order valence-electron chi connectivity index (χ3n) is 13.6. The van der Waals surface area contributed by atoms with E-state index in [2.05, 4.69) is 39.8 Å². The highest BCUT2D eigenvalue weighted by molar-refractivity contribution is 5.72. The van der Waals surface area contributed by atoms with E-state index in [1.165, 1.54) is 173 Å². The van der Waals surface area contributed by atoms with E-state index in [9.17, 15) is 14.4 Å². The Balaban J connectivity index is 3.85. The van der Waals surface area contributed by atoms with E-state index >= 15 is 0 Å². The molecule has 3 unspecified atom stereocenters. The number of unbranched alkanes of at least 4 members (excludes halogenated alkanes) is 31. The third-order valence-corrected chi connectivity index (χ3v) is 13.6. The average Bonchev–Trinajstić information content (AvgIpc) is 3.29. The summed E-state index contributed by atoms with van der Waals surface area (Å²) in [5.41, 5.74) is 0. The summed E-state index contributed by atoms with van der Waals surface area (Å²) in [6.45, 7) is 11.0. The molecule has 0 amide bonds. The maximum Gasteiger partial charge on any atom is 0.308 e. The molecule has 0 N–H and O–H groups in total. The molecule has 0 aromatic rings. The zero-order chi connectivity index (χ0) is 47.7. The maximum absolute atomic E-state index is 13.1. The van der Waals surface area contributed by atoms with E-state index in [1.54, 1.807) is 0 Å². The van der Waals surface area contributed by atoms with Crippen molar-refractivity contribution in [2.24, 2.45) is 11.8 Å². The van der Waals surface area contributed by atoms with E-state index in [1.807, 2.05) is 6.92 Å². The summed E-state index contributed by atoms with van der Waals surface area (Å²) in [5, 5.41) is 0. The minimum atomic E-state index is -0.0643. The van der Waals surface area contributed by atoms with Crippen molar-refractivity contribution in [3.63, 3.8) is 0 Å². The van der Waals surface area contributed by atoms with Gasteiger partial charge in [-0.15, -0.1) is 0 Å². The lowest BCUT2D eigenvalue weighted by Crippen LogP contribution is -2.19. The lowest BCUT2D eigenvalue weighted by Gasteiger charge is -2.16. The van der Waals surface area contributed by atoms with Crippen molar-refractivity contribution in [1.82, 2.24) is 4.90 Å². The number of carbonyl (C=O) groups excluding carboxylic acids is 3. The van der Waals surface area contributed by atoms with Crippen LogP contribution in [0.4, 0.5) is 0 Å². The fourth-order valence-corrected chi connectivity index (χ4v) is 9.22. The molecule has 0 aliphatic rings. The second-order valence-electron chi connectivity index (χ2n) is 20.5. The van der Waals surface area contributed by atoms with Gasteiger partial charge in [-0.05, 0) is 91.8 Å². The van der Waals surface area contributed by atoms with E-state index in [4.69, 9.17) is 14.2 Å². The summed E-state index contributed by atoms with van der Waals surface area (Å²) in [4.78, 5) is 40.2. The molecule has 0 radical (unpaired) electrons. The molecule has 7 nitrogen and oxygen atoms in total. The van der Waals surface area contributed by atoms with Gasteiger partial charge in [-0.1, -0.05) is 226 Å². The van der Waals surface area contributed by atoms with Crippen molar-refractivity contribution in [3.8, 4) is 0 Å². The van der Waals surface area contributed by atoms with E-state index in [0.29, 0.717) is 19.6 Å². The first-order valence-corrected chi connectivity index (χ1v) is 28.9. The molecule has 0 saturated heterocycles. The fraction of sp³-hybridized carbons (Fsp3) is 0.948. The number of nitrogens with zero attached hydrogens (tertiary/aromatic N) is 1. The molecule has 0 rings (SSSR count). The smallest absolute Gasteiger partial charge is 0.308 e. The van der Waals surface area contributed by atoms with Crippen LogP contribution in [0.1, 0.15) is 304 Å². The van der Waals surface area contributed by atoms with E-state index in [-0.39, 0.29) is 35.8 Å². The molecule has 0 aliphatic carbocycles. The number of rotatable bonds is 52. The molecular weight excluding hydrogens is 807 g/mol. The van der Waals surface area contributed by atoms with Gasteiger partial charge in [-0.3, -0.25) is 14.4 Å². The van der Waals surface area contributed by atoms with Crippen molar-refractivity contribution in [2.45, 2.75) is 310 Å². The van der Waals surface area contributed by atoms with E-state index < -0.39 is 0 Å². The second kappa shape index (κ2) is 50.3. The topological polar surface area (TPSA) is 82.1 Å². The van der Waals surface area contributed by atoms with Crippen LogP contribution in [-0.2, 0) is 28.6 Å². The third kappa shape index (κ3) is 45.9. The molecule has 0 bridgehead atoms. The Hall–Kier alpha value is -1.63. The van der Waals surface area contributed by atoms with Crippen LogP contribution in [0.2, 0.25) is 0 Å². The number of carbonyl (C=O) groups is 3. The van der Waals surface area contributed by atoms with Crippen molar-refractivity contribution in [1.29, 1.82) is 0 Å². The van der Waals surface area contributed by atoms with Gasteiger partial charge in [0.25, 0.3) is 0 Å². The minimum Gasteiger partial charge on any atom is -0.465 e. The molecule has 0 fully saturated rings. The molecule has 65 heavy (non-hydrogen) atoms. The molecule has 0 saturated carbocycles. The van der Waals surface area contributed by atoms with Crippen LogP contribution in [0.5, 0.6) is 0 Å². The van der Waals surface area contributed by atoms with Crippen LogP contribution in [0.25, 0.3) is 0 Å². The Morgan fingerprint density at radius 1 is 0.369 bits per heavy atom. The molecule has 0 aliphatic heterocycles. The quantitative estimate of drug-likeness (QED) is 0.0341. The summed E-state index contributed by atoms with van der Waals surface area (Å²) in [6, 6.07) is 0. The summed E-state index contributed by atoms with van der Waals surface area (Å²) < 4.78 is 17.2. The molecule has 0 spiro atoms. The Morgan fingerprint density at radius 2 is 0.662 bits per heavy atom. The van der Waals surface area contributed by atoms with Gasteiger partial charge in [0.1, 0.15) is 0 Å². The van der Waals surface area contributed by atoms with Gasteiger partial charge < -0.3 is 19.1 Å². The Bertz CT molecular complexity index is 1020. The monoisotopic (exact) mass is 920 g/mol. The lowest BCUT2D eigenvalue weighted by atomic mass is 9.94. The van der Waals surface area contributed by atoms with Gasteiger partial charge >= 0.3 is 17.9 Å². The molecule has 0 heterocycles. The first kappa shape index (κ1) is 63.4. The van der Waals surface area contributed by atoms with Crippen LogP contribution >= 0.6 is 0 Å². The second-order valence-corrected chi connectivity index (χ2v) is 20.5. The predicted octanol–water partition coefficient (Wildman–Crippen LogP) is 17.6. The zero-order valence-corrected chi connectivity index (χ0v) is 44.7. The van der Waals surface area contributed by atoms with Crippen LogP contribution in [-0.4, -0.2) is 62.8 Å². The van der Waals surface area contributed by atoms with Gasteiger partial charge in [0.05, 0.1) is 31.2 Å². The highest BCUT2D eigenvalue weighted by Crippen LogP contribution is 2.23. The van der Waals surface area contributed by atoms with Gasteiger partial charge in [0, 0.05) is 6.42 Å². The summed E-state index contributed by atoms with van der Waals surface area (Å²) in [5.74, 6) is 0.221. The van der Waals surface area contributed by atoms with Crippen molar-refractivity contribution < 1.29 is 28.6 Å². The predicted molar refractivity (Wildman–Crippen MR) is 279 cm³/mol. The molecule has 7 heteroatoms. The maximum atomic E-state index is 13.1. The Morgan fingerprint density at radius 3 is 1.00 bits per heavy atom. The Kier molecular flexibility index (Phi) is 49.0. The minimum absolute atomic E-state index is 0.0176. The van der Waals surface area contributed by atoms with Crippen molar-refractivity contribution in [3.05, 3.63) is 0 Å². The first-order valence-electron chi connectivity index (χ1n) is 28.9. The standard InChI is InChI=1S/C58H113NO6/c1-7-10-13-16-30-38-47-54(45-36-14-11-8-2)57(61)63-51-42-33-28-26-24-22-20-18-17-19-21-23-25-27-29-34-43-52-64-58(62)55(46-37-15-12-9-3)48-39-32-31-35-44-53(4)65-56(60)49-40-41-50-59(5)6/h53-55H,7-52H2,1-6H3. The van der Waals surface area contributed by atoms with Gasteiger partial charge in [-0.2, -0.15) is 0 Å². The summed E-state index contributed by atoms with van der Waals surface area (Å²) in [7, 11) is 4.12. The van der Waals surface area contributed by atoms with Crippen LogP contribution < -0.4 is 0 Å². The van der Waals surface area contributed by atoms with Gasteiger partial charge in [0.15, 0.2) is 0 Å². The highest BCUT2D eigenvalue weighted by Gasteiger charge is 2.20. The van der Waals surface area contributed by atoms with Crippen molar-refractivity contribution >= 4 is 17.9 Å². The molecular formula is C58H113NO6. The SMILES string of the molecule is CCCCCCCCC(CCCCCC)C(=O)OCCCCCCCCCCCCCCCCCCCOC(=O)C(CCCCCC)CCCCCCC(C)OC(=O)CCCCN(C)C.